The Balaban J connectivity index is 1.74. The van der Waals surface area contributed by atoms with Gasteiger partial charge in [-0.3, -0.25) is 9.59 Å². The number of nitrogens with one attached hydrogen (secondary N) is 2. The van der Waals surface area contributed by atoms with Crippen LogP contribution in [0.5, 0.6) is 5.75 Å². The molecule has 0 spiro atoms. The van der Waals surface area contributed by atoms with Crippen LogP contribution in [-0.2, 0) is 20.7 Å². The molecule has 0 saturated heterocycles. The third kappa shape index (κ3) is 8.85. The fourth-order valence-electron chi connectivity index (χ4n) is 5.21. The van der Waals surface area contributed by atoms with Crippen molar-refractivity contribution < 1.29 is 24.2 Å². The number of phenols is 1. The average Bonchev–Trinajstić information content (AvgIpc) is 2.98. The molecule has 8 heteroatoms. The molecule has 2 unspecified atom stereocenters. The van der Waals surface area contributed by atoms with Crippen molar-refractivity contribution in [3.05, 3.63) is 107 Å². The van der Waals surface area contributed by atoms with Gasteiger partial charge in [-0.2, -0.15) is 0 Å². The van der Waals surface area contributed by atoms with Crippen molar-refractivity contribution >= 4 is 34.4 Å². The van der Waals surface area contributed by atoms with Gasteiger partial charge in [-0.1, -0.05) is 67.6 Å². The first-order chi connectivity index (χ1) is 21.3. The Labute approximate surface area is 265 Å². The Morgan fingerprint density at radius 2 is 1.56 bits per heavy atom. The van der Waals surface area contributed by atoms with E-state index in [4.69, 9.17) is 4.74 Å². The standard InChI is InChI=1S/C37H43N3O5/c1-7-20-40(35(43)32(39-36(44)45-37(4,5)6)22-26-13-18-31(41)19-14-26)33(29-15-12-24(2)25(3)21-29)34(42)38-30-17-16-27-10-8-9-11-28(27)23-30/h8-19,21,23,32-33,41H,7,20,22H2,1-6H3,(H,38,42)(H,39,44). The second-order valence-corrected chi connectivity index (χ2v) is 12.4. The molecule has 3 N–H and O–H groups in total. The van der Waals surface area contributed by atoms with Crippen molar-refractivity contribution in [3.8, 4) is 5.75 Å². The third-order valence-corrected chi connectivity index (χ3v) is 7.54. The summed E-state index contributed by atoms with van der Waals surface area (Å²) in [4.78, 5) is 43.3. The van der Waals surface area contributed by atoms with E-state index in [9.17, 15) is 19.5 Å². The van der Waals surface area contributed by atoms with Crippen LogP contribution in [0.2, 0.25) is 0 Å². The quantitative estimate of drug-likeness (QED) is 0.176. The highest BCUT2D eigenvalue weighted by Gasteiger charge is 2.36. The molecular weight excluding hydrogens is 566 g/mol. The van der Waals surface area contributed by atoms with E-state index < -0.39 is 29.7 Å². The molecule has 4 aromatic carbocycles. The Morgan fingerprint density at radius 1 is 0.867 bits per heavy atom. The van der Waals surface area contributed by atoms with Crippen molar-refractivity contribution in [2.45, 2.75) is 72.1 Å². The number of carbonyl (C=O) groups excluding carboxylic acids is 3. The molecule has 0 aliphatic rings. The molecule has 45 heavy (non-hydrogen) atoms. The van der Waals surface area contributed by atoms with E-state index in [0.717, 1.165) is 27.5 Å². The predicted octanol–water partition coefficient (Wildman–Crippen LogP) is 7.22. The number of benzene rings is 4. The summed E-state index contributed by atoms with van der Waals surface area (Å²) >= 11 is 0. The van der Waals surface area contributed by atoms with E-state index in [1.807, 2.05) is 81.4 Å². The molecule has 0 aliphatic carbocycles. The third-order valence-electron chi connectivity index (χ3n) is 7.54. The van der Waals surface area contributed by atoms with Crippen molar-refractivity contribution in [1.82, 2.24) is 10.2 Å². The SMILES string of the molecule is CCCN(C(=O)C(Cc1ccc(O)cc1)NC(=O)OC(C)(C)C)C(C(=O)Nc1ccc2ccccc2c1)c1ccc(C)c(C)c1. The Hall–Kier alpha value is -4.85. The van der Waals surface area contributed by atoms with E-state index in [0.29, 0.717) is 17.7 Å². The van der Waals surface area contributed by atoms with Crippen molar-refractivity contribution in [1.29, 1.82) is 0 Å². The summed E-state index contributed by atoms with van der Waals surface area (Å²) in [7, 11) is 0. The Morgan fingerprint density at radius 3 is 2.20 bits per heavy atom. The molecule has 0 aliphatic heterocycles. The second-order valence-electron chi connectivity index (χ2n) is 12.4. The largest absolute Gasteiger partial charge is 0.508 e. The van der Waals surface area contributed by atoms with Crippen molar-refractivity contribution in [2.24, 2.45) is 0 Å². The zero-order valence-electron chi connectivity index (χ0n) is 26.9. The van der Waals surface area contributed by atoms with Crippen LogP contribution in [0.1, 0.15) is 62.4 Å². The van der Waals surface area contributed by atoms with Crippen LogP contribution >= 0.6 is 0 Å². The van der Waals surface area contributed by atoms with Crippen LogP contribution in [0.15, 0.2) is 84.9 Å². The lowest BCUT2D eigenvalue weighted by atomic mass is 9.97. The van der Waals surface area contributed by atoms with E-state index in [-0.39, 0.29) is 24.6 Å². The van der Waals surface area contributed by atoms with Gasteiger partial charge in [0.2, 0.25) is 5.91 Å². The highest BCUT2D eigenvalue weighted by Crippen LogP contribution is 2.28. The van der Waals surface area contributed by atoms with E-state index in [2.05, 4.69) is 10.6 Å². The molecule has 0 heterocycles. The van der Waals surface area contributed by atoms with Crippen LogP contribution in [0, 0.1) is 13.8 Å². The van der Waals surface area contributed by atoms with Crippen LogP contribution in [-0.4, -0.2) is 46.1 Å². The number of phenolic OH excluding ortho intramolecular Hbond substituents is 1. The first-order valence-corrected chi connectivity index (χ1v) is 15.3. The highest BCUT2D eigenvalue weighted by atomic mass is 16.6. The Bertz CT molecular complexity index is 1660. The van der Waals surface area contributed by atoms with Crippen LogP contribution in [0.25, 0.3) is 10.8 Å². The molecule has 4 aromatic rings. The number of nitrogens with zero attached hydrogens (tertiary/aromatic N) is 1. The molecule has 0 bridgehead atoms. The lowest BCUT2D eigenvalue weighted by molar-refractivity contribution is -0.140. The molecule has 236 valence electrons. The summed E-state index contributed by atoms with van der Waals surface area (Å²) in [6, 6.07) is 23.8. The van der Waals surface area contributed by atoms with Gasteiger partial charge in [-0.15, -0.1) is 0 Å². The van der Waals surface area contributed by atoms with E-state index >= 15 is 0 Å². The summed E-state index contributed by atoms with van der Waals surface area (Å²) in [5.74, 6) is -0.696. The number of anilines is 1. The lowest BCUT2D eigenvalue weighted by Gasteiger charge is -2.34. The van der Waals surface area contributed by atoms with Gasteiger partial charge in [0.15, 0.2) is 0 Å². The zero-order valence-corrected chi connectivity index (χ0v) is 26.9. The minimum Gasteiger partial charge on any atom is -0.508 e. The van der Waals surface area contributed by atoms with Crippen LogP contribution < -0.4 is 10.6 Å². The number of rotatable bonds is 10. The minimum atomic E-state index is -1.04. The summed E-state index contributed by atoms with van der Waals surface area (Å²) in [6.45, 7) is 11.4. The average molecular weight is 610 g/mol. The van der Waals surface area contributed by atoms with Crippen molar-refractivity contribution in [2.75, 3.05) is 11.9 Å². The van der Waals surface area contributed by atoms with E-state index in [1.165, 1.54) is 12.1 Å². The molecule has 0 radical (unpaired) electrons. The Kier molecular flexibility index (Phi) is 10.5. The first kappa shape index (κ1) is 33.1. The predicted molar refractivity (Wildman–Crippen MR) is 178 cm³/mol. The van der Waals surface area contributed by atoms with Gasteiger partial charge in [0.05, 0.1) is 0 Å². The molecule has 8 nitrogen and oxygen atoms in total. The zero-order chi connectivity index (χ0) is 32.7. The number of carbonyl (C=O) groups is 3. The minimum absolute atomic E-state index is 0.0921. The summed E-state index contributed by atoms with van der Waals surface area (Å²) in [5, 5.41) is 17.7. The van der Waals surface area contributed by atoms with Gasteiger partial charge >= 0.3 is 6.09 Å². The second kappa shape index (κ2) is 14.3. The van der Waals surface area contributed by atoms with Gasteiger partial charge in [0.1, 0.15) is 23.4 Å². The summed E-state index contributed by atoms with van der Waals surface area (Å²) in [5.41, 5.74) is 3.29. The molecule has 4 rings (SSSR count). The number of ether oxygens (including phenoxy) is 1. The number of hydrogen-bond acceptors (Lipinski definition) is 5. The normalized spacial score (nSPS) is 12.7. The topological polar surface area (TPSA) is 108 Å². The number of aromatic hydroxyl groups is 1. The number of fused-ring (bicyclic) bond motifs is 1. The fraction of sp³-hybridized carbons (Fsp3) is 0.324. The van der Waals surface area contributed by atoms with Crippen LogP contribution in [0.3, 0.4) is 0 Å². The monoisotopic (exact) mass is 609 g/mol. The lowest BCUT2D eigenvalue weighted by Crippen LogP contribution is -2.53. The fourth-order valence-corrected chi connectivity index (χ4v) is 5.21. The number of aryl methyl sites for hydroxylation is 2. The molecule has 3 amide bonds. The van der Waals surface area contributed by atoms with Gasteiger partial charge in [-0.05, 0) is 98.3 Å². The number of alkyl carbamates (subject to hydrolysis) is 1. The molecule has 0 fully saturated rings. The van der Waals surface area contributed by atoms with Gasteiger partial charge in [0, 0.05) is 18.7 Å². The maximum Gasteiger partial charge on any atom is 0.408 e. The van der Waals surface area contributed by atoms with Crippen molar-refractivity contribution in [3.63, 3.8) is 0 Å². The number of amides is 3. The molecular formula is C37H43N3O5. The van der Waals surface area contributed by atoms with Gasteiger partial charge < -0.3 is 25.4 Å². The number of hydrogen-bond donors (Lipinski definition) is 3. The van der Waals surface area contributed by atoms with Gasteiger partial charge in [0.25, 0.3) is 5.91 Å². The molecule has 0 saturated carbocycles. The highest BCUT2D eigenvalue weighted by molar-refractivity contribution is 6.00. The smallest absolute Gasteiger partial charge is 0.408 e. The molecule has 2 atom stereocenters. The van der Waals surface area contributed by atoms with E-state index in [1.54, 1.807) is 37.8 Å². The maximum atomic E-state index is 14.5. The van der Waals surface area contributed by atoms with Crippen LogP contribution in [0.4, 0.5) is 10.5 Å². The first-order valence-electron chi connectivity index (χ1n) is 15.3. The summed E-state index contributed by atoms with van der Waals surface area (Å²) < 4.78 is 5.51. The summed E-state index contributed by atoms with van der Waals surface area (Å²) in [6.07, 6.45) is -0.0291. The van der Waals surface area contributed by atoms with Gasteiger partial charge in [-0.25, -0.2) is 4.79 Å². The molecule has 0 aromatic heterocycles. The maximum absolute atomic E-state index is 14.5.